The van der Waals surface area contributed by atoms with Crippen molar-refractivity contribution in [1.82, 2.24) is 4.98 Å². The molecule has 3 aromatic carbocycles. The minimum absolute atomic E-state index is 0.114. The van der Waals surface area contributed by atoms with Gasteiger partial charge in [0, 0.05) is 11.3 Å². The standard InChI is InChI=1S/C24H20N2O4/c1-15-10-11-21(16(2)12-15)29-14-22(27)25-18-7-5-6-17(13-18)23-26-20-9-4-3-8-19(20)24(28)30-23/h3-13H,14H2,1-2H3,(H,25,27). The zero-order valence-electron chi connectivity index (χ0n) is 16.6. The molecule has 0 atom stereocenters. The number of rotatable bonds is 5. The van der Waals surface area contributed by atoms with Gasteiger partial charge >= 0.3 is 5.63 Å². The van der Waals surface area contributed by atoms with Gasteiger partial charge in [0.1, 0.15) is 5.75 Å². The summed E-state index contributed by atoms with van der Waals surface area (Å²) < 4.78 is 11.0. The molecule has 0 radical (unpaired) electrons. The van der Waals surface area contributed by atoms with Crippen molar-refractivity contribution in [2.24, 2.45) is 0 Å². The number of para-hydroxylation sites is 1. The number of amides is 1. The third-order valence-corrected chi connectivity index (χ3v) is 4.62. The Labute approximate surface area is 173 Å². The second kappa shape index (κ2) is 8.21. The number of hydrogen-bond acceptors (Lipinski definition) is 5. The number of nitrogens with one attached hydrogen (secondary N) is 1. The van der Waals surface area contributed by atoms with E-state index in [1.54, 1.807) is 42.5 Å². The number of carbonyl (C=O) groups is 1. The lowest BCUT2D eigenvalue weighted by Gasteiger charge is -2.10. The molecule has 1 N–H and O–H groups in total. The smallest absolute Gasteiger partial charge is 0.347 e. The van der Waals surface area contributed by atoms with E-state index in [0.717, 1.165) is 11.1 Å². The average molecular weight is 400 g/mol. The van der Waals surface area contributed by atoms with Crippen molar-refractivity contribution in [3.05, 3.63) is 88.3 Å². The van der Waals surface area contributed by atoms with Crippen LogP contribution >= 0.6 is 0 Å². The number of anilines is 1. The van der Waals surface area contributed by atoms with Crippen LogP contribution in [0.15, 0.2) is 75.9 Å². The zero-order valence-corrected chi connectivity index (χ0v) is 16.6. The Bertz CT molecular complexity index is 1290. The number of benzene rings is 3. The summed E-state index contributed by atoms with van der Waals surface area (Å²) in [6.07, 6.45) is 0. The van der Waals surface area contributed by atoms with E-state index in [9.17, 15) is 9.59 Å². The molecule has 1 aromatic heterocycles. The van der Waals surface area contributed by atoms with Gasteiger partial charge in [0.15, 0.2) is 6.61 Å². The highest BCUT2D eigenvalue weighted by atomic mass is 16.5. The maximum Gasteiger partial charge on any atom is 0.347 e. The molecular weight excluding hydrogens is 380 g/mol. The van der Waals surface area contributed by atoms with Gasteiger partial charge in [0.25, 0.3) is 5.91 Å². The molecular formula is C24H20N2O4. The second-order valence-corrected chi connectivity index (χ2v) is 7.01. The molecule has 6 nitrogen and oxygen atoms in total. The molecule has 1 heterocycles. The highest BCUT2D eigenvalue weighted by Gasteiger charge is 2.10. The van der Waals surface area contributed by atoms with Crippen molar-refractivity contribution in [2.45, 2.75) is 13.8 Å². The van der Waals surface area contributed by atoms with Gasteiger partial charge in [-0.05, 0) is 55.8 Å². The Morgan fingerprint density at radius 2 is 1.87 bits per heavy atom. The Kier molecular flexibility index (Phi) is 5.30. The van der Waals surface area contributed by atoms with Gasteiger partial charge in [-0.15, -0.1) is 0 Å². The SMILES string of the molecule is Cc1ccc(OCC(=O)Nc2cccc(-c3nc4ccccc4c(=O)o3)c2)c(C)c1. The fraction of sp³-hybridized carbons (Fsp3) is 0.125. The first-order valence-corrected chi connectivity index (χ1v) is 9.50. The second-order valence-electron chi connectivity index (χ2n) is 7.01. The topological polar surface area (TPSA) is 81.4 Å². The van der Waals surface area contributed by atoms with Crippen molar-refractivity contribution >= 4 is 22.5 Å². The van der Waals surface area contributed by atoms with Crippen LogP contribution in [0.4, 0.5) is 5.69 Å². The molecule has 4 rings (SSSR count). The number of hydrogen-bond donors (Lipinski definition) is 1. The van der Waals surface area contributed by atoms with Crippen molar-refractivity contribution in [3.63, 3.8) is 0 Å². The zero-order chi connectivity index (χ0) is 21.1. The van der Waals surface area contributed by atoms with Crippen LogP contribution in [0.2, 0.25) is 0 Å². The van der Waals surface area contributed by atoms with Crippen molar-refractivity contribution in [2.75, 3.05) is 11.9 Å². The lowest BCUT2D eigenvalue weighted by Crippen LogP contribution is -2.20. The Hall–Kier alpha value is -3.93. The molecule has 0 fully saturated rings. The molecule has 0 spiro atoms. The van der Waals surface area contributed by atoms with Crippen LogP contribution in [-0.2, 0) is 4.79 Å². The summed E-state index contributed by atoms with van der Waals surface area (Å²) in [4.78, 5) is 28.9. The van der Waals surface area contributed by atoms with Gasteiger partial charge in [-0.2, -0.15) is 0 Å². The molecule has 0 bridgehead atoms. The third-order valence-electron chi connectivity index (χ3n) is 4.62. The Morgan fingerprint density at radius 1 is 1.03 bits per heavy atom. The lowest BCUT2D eigenvalue weighted by atomic mass is 10.1. The normalized spacial score (nSPS) is 10.7. The van der Waals surface area contributed by atoms with Gasteiger partial charge in [0.05, 0.1) is 10.9 Å². The fourth-order valence-electron chi connectivity index (χ4n) is 3.17. The Morgan fingerprint density at radius 3 is 2.70 bits per heavy atom. The largest absolute Gasteiger partial charge is 0.483 e. The summed E-state index contributed by atoms with van der Waals surface area (Å²) in [6, 6.07) is 19.8. The molecule has 30 heavy (non-hydrogen) atoms. The molecule has 0 unspecified atom stereocenters. The highest BCUT2D eigenvalue weighted by molar-refractivity contribution is 5.92. The molecule has 6 heteroatoms. The van der Waals surface area contributed by atoms with E-state index < -0.39 is 5.63 Å². The van der Waals surface area contributed by atoms with Gasteiger partial charge in [-0.3, -0.25) is 4.79 Å². The lowest BCUT2D eigenvalue weighted by molar-refractivity contribution is -0.118. The first-order chi connectivity index (χ1) is 14.5. The predicted octanol–water partition coefficient (Wildman–Crippen LogP) is 4.49. The molecule has 0 aliphatic carbocycles. The molecule has 0 saturated carbocycles. The molecule has 150 valence electrons. The fourth-order valence-corrected chi connectivity index (χ4v) is 3.17. The van der Waals surface area contributed by atoms with E-state index in [0.29, 0.717) is 27.9 Å². The molecule has 1 amide bonds. The molecule has 0 saturated heterocycles. The van der Waals surface area contributed by atoms with Crippen LogP contribution in [0.25, 0.3) is 22.4 Å². The first kappa shape index (κ1) is 19.4. The highest BCUT2D eigenvalue weighted by Crippen LogP contribution is 2.22. The molecule has 0 aliphatic rings. The maximum atomic E-state index is 12.3. The van der Waals surface area contributed by atoms with E-state index in [-0.39, 0.29) is 18.4 Å². The maximum absolute atomic E-state index is 12.3. The third kappa shape index (κ3) is 4.22. The van der Waals surface area contributed by atoms with Crippen molar-refractivity contribution < 1.29 is 13.9 Å². The average Bonchev–Trinajstić information content (AvgIpc) is 2.73. The van der Waals surface area contributed by atoms with Crippen LogP contribution in [0.1, 0.15) is 11.1 Å². The van der Waals surface area contributed by atoms with Crippen LogP contribution in [0, 0.1) is 13.8 Å². The van der Waals surface area contributed by atoms with E-state index in [2.05, 4.69) is 10.3 Å². The van der Waals surface area contributed by atoms with Crippen molar-refractivity contribution in [3.8, 4) is 17.2 Å². The number of fused-ring (bicyclic) bond motifs is 1. The summed E-state index contributed by atoms with van der Waals surface area (Å²) in [6.45, 7) is 3.83. The number of nitrogens with zero attached hydrogens (tertiary/aromatic N) is 1. The van der Waals surface area contributed by atoms with Crippen LogP contribution < -0.4 is 15.7 Å². The van der Waals surface area contributed by atoms with Crippen LogP contribution in [0.3, 0.4) is 0 Å². The monoisotopic (exact) mass is 400 g/mol. The number of aryl methyl sites for hydroxylation is 2. The Balaban J connectivity index is 1.49. The van der Waals surface area contributed by atoms with Gasteiger partial charge in [-0.1, -0.05) is 35.9 Å². The van der Waals surface area contributed by atoms with E-state index in [1.807, 2.05) is 38.1 Å². The van der Waals surface area contributed by atoms with Crippen molar-refractivity contribution in [1.29, 1.82) is 0 Å². The van der Waals surface area contributed by atoms with E-state index in [4.69, 9.17) is 9.15 Å². The summed E-state index contributed by atoms with van der Waals surface area (Å²) in [7, 11) is 0. The number of carbonyl (C=O) groups excluding carboxylic acids is 1. The molecule has 0 aliphatic heterocycles. The number of ether oxygens (including phenoxy) is 1. The van der Waals surface area contributed by atoms with Crippen LogP contribution in [-0.4, -0.2) is 17.5 Å². The number of aromatic nitrogens is 1. The minimum atomic E-state index is -0.452. The van der Waals surface area contributed by atoms with Gasteiger partial charge in [-0.25, -0.2) is 9.78 Å². The van der Waals surface area contributed by atoms with Gasteiger partial charge < -0.3 is 14.5 Å². The van der Waals surface area contributed by atoms with E-state index >= 15 is 0 Å². The summed E-state index contributed by atoms with van der Waals surface area (Å²) in [5.74, 6) is 0.577. The minimum Gasteiger partial charge on any atom is -0.483 e. The predicted molar refractivity (Wildman–Crippen MR) is 116 cm³/mol. The quantitative estimate of drug-likeness (QED) is 0.534. The summed E-state index contributed by atoms with van der Waals surface area (Å²) in [5.41, 5.74) is 3.36. The molecule has 4 aromatic rings. The summed E-state index contributed by atoms with van der Waals surface area (Å²) >= 11 is 0. The van der Waals surface area contributed by atoms with Gasteiger partial charge in [0.2, 0.25) is 5.89 Å². The van der Waals surface area contributed by atoms with Crippen LogP contribution in [0.5, 0.6) is 5.75 Å². The van der Waals surface area contributed by atoms with E-state index in [1.165, 1.54) is 0 Å². The first-order valence-electron chi connectivity index (χ1n) is 9.50. The summed E-state index contributed by atoms with van der Waals surface area (Å²) in [5, 5.41) is 3.22.